The van der Waals surface area contributed by atoms with Crippen molar-refractivity contribution in [1.82, 2.24) is 0 Å². The third-order valence-electron chi connectivity index (χ3n) is 2.54. The van der Waals surface area contributed by atoms with Crippen LogP contribution in [0.15, 0.2) is 28.1 Å². The Hall–Kier alpha value is -1.67. The van der Waals surface area contributed by atoms with E-state index in [-0.39, 0.29) is 11.4 Å². The third-order valence-corrected chi connectivity index (χ3v) is 4.24. The second kappa shape index (κ2) is 6.19. The zero-order valence-electron chi connectivity index (χ0n) is 10.4. The van der Waals surface area contributed by atoms with E-state index in [2.05, 4.69) is 21.2 Å². The number of anilines is 1. The van der Waals surface area contributed by atoms with Crippen molar-refractivity contribution in [2.45, 2.75) is 6.54 Å². The number of nitrogens with one attached hydrogen (secondary N) is 1. The van der Waals surface area contributed by atoms with Crippen LogP contribution in [-0.2, 0) is 6.54 Å². The molecule has 1 heterocycles. The molecular formula is C12H10BrFN2O3S. The second-order valence-electron chi connectivity index (χ2n) is 3.85. The number of nitro benzene ring substituents is 1. The minimum Gasteiger partial charge on any atom is -0.490 e. The van der Waals surface area contributed by atoms with Crippen LogP contribution in [0.1, 0.15) is 4.88 Å². The summed E-state index contributed by atoms with van der Waals surface area (Å²) in [4.78, 5) is 11.1. The van der Waals surface area contributed by atoms with Gasteiger partial charge in [-0.05, 0) is 22.0 Å². The van der Waals surface area contributed by atoms with Gasteiger partial charge in [0.2, 0.25) is 0 Å². The molecule has 106 valence electrons. The maximum Gasteiger partial charge on any atom is 0.313 e. The van der Waals surface area contributed by atoms with Gasteiger partial charge in [0.1, 0.15) is 0 Å². The van der Waals surface area contributed by atoms with Crippen molar-refractivity contribution in [2.24, 2.45) is 0 Å². The first-order valence-electron chi connectivity index (χ1n) is 5.50. The highest BCUT2D eigenvalue weighted by Gasteiger charge is 2.19. The monoisotopic (exact) mass is 360 g/mol. The third kappa shape index (κ3) is 3.26. The molecule has 8 heteroatoms. The van der Waals surface area contributed by atoms with Gasteiger partial charge in [-0.25, -0.2) is 4.39 Å². The molecule has 0 saturated heterocycles. The van der Waals surface area contributed by atoms with Gasteiger partial charge in [-0.2, -0.15) is 0 Å². The van der Waals surface area contributed by atoms with Crippen molar-refractivity contribution in [3.8, 4) is 5.75 Å². The molecule has 0 unspecified atom stereocenters. The Morgan fingerprint density at radius 1 is 1.50 bits per heavy atom. The van der Waals surface area contributed by atoms with E-state index in [0.29, 0.717) is 6.54 Å². The highest BCUT2D eigenvalue weighted by molar-refractivity contribution is 9.10. The van der Waals surface area contributed by atoms with Crippen LogP contribution in [0, 0.1) is 15.9 Å². The fraction of sp³-hybridized carbons (Fsp3) is 0.167. The number of nitro groups is 1. The largest absolute Gasteiger partial charge is 0.490 e. The Morgan fingerprint density at radius 3 is 2.80 bits per heavy atom. The summed E-state index contributed by atoms with van der Waals surface area (Å²) in [5.74, 6) is -0.667. The van der Waals surface area contributed by atoms with Gasteiger partial charge < -0.3 is 10.1 Å². The number of benzene rings is 1. The number of thiophene rings is 1. The first kappa shape index (κ1) is 14.7. The van der Waals surface area contributed by atoms with E-state index >= 15 is 0 Å². The molecule has 0 bridgehead atoms. The van der Waals surface area contributed by atoms with Crippen LogP contribution >= 0.6 is 27.3 Å². The number of hydrogen-bond acceptors (Lipinski definition) is 5. The summed E-state index contributed by atoms with van der Waals surface area (Å²) >= 11 is 4.86. The van der Waals surface area contributed by atoms with Gasteiger partial charge >= 0.3 is 5.69 Å². The van der Waals surface area contributed by atoms with E-state index in [0.717, 1.165) is 15.4 Å². The van der Waals surface area contributed by atoms with Crippen molar-refractivity contribution in [1.29, 1.82) is 0 Å². The van der Waals surface area contributed by atoms with E-state index in [4.69, 9.17) is 4.74 Å². The van der Waals surface area contributed by atoms with Crippen molar-refractivity contribution in [3.05, 3.63) is 48.9 Å². The minimum absolute atomic E-state index is 0.0197. The average Bonchev–Trinajstić information content (AvgIpc) is 2.82. The molecule has 0 spiro atoms. The predicted octanol–water partition coefficient (Wildman–Crippen LogP) is 4.18. The van der Waals surface area contributed by atoms with Crippen molar-refractivity contribution in [3.63, 3.8) is 0 Å². The number of hydrogen-bond donors (Lipinski definition) is 1. The summed E-state index contributed by atoms with van der Waals surface area (Å²) < 4.78 is 19.7. The number of ether oxygens (including phenoxy) is 1. The van der Waals surface area contributed by atoms with Crippen LogP contribution in [0.2, 0.25) is 0 Å². The first-order chi connectivity index (χ1) is 9.51. The van der Waals surface area contributed by atoms with Gasteiger partial charge in [0.15, 0.2) is 11.6 Å². The Bertz CT molecular complexity index is 648. The second-order valence-corrected chi connectivity index (χ2v) is 5.76. The van der Waals surface area contributed by atoms with Gasteiger partial charge in [0.25, 0.3) is 0 Å². The summed E-state index contributed by atoms with van der Waals surface area (Å²) in [6, 6.07) is 4.06. The van der Waals surface area contributed by atoms with Gasteiger partial charge in [-0.1, -0.05) is 0 Å². The van der Waals surface area contributed by atoms with Crippen LogP contribution in [0.5, 0.6) is 5.75 Å². The molecule has 5 nitrogen and oxygen atoms in total. The van der Waals surface area contributed by atoms with Crippen LogP contribution in [0.25, 0.3) is 0 Å². The lowest BCUT2D eigenvalue weighted by molar-refractivity contribution is -0.385. The van der Waals surface area contributed by atoms with Crippen LogP contribution in [-0.4, -0.2) is 12.0 Å². The summed E-state index contributed by atoms with van der Waals surface area (Å²) in [7, 11) is 1.31. The Morgan fingerprint density at radius 2 is 2.25 bits per heavy atom. The lowest BCUT2D eigenvalue weighted by Gasteiger charge is -2.09. The van der Waals surface area contributed by atoms with Gasteiger partial charge in [0.05, 0.1) is 23.8 Å². The quantitative estimate of drug-likeness (QED) is 0.641. The van der Waals surface area contributed by atoms with Crippen molar-refractivity contribution >= 4 is 38.6 Å². The summed E-state index contributed by atoms with van der Waals surface area (Å²) in [6.07, 6.45) is 0. The summed E-state index contributed by atoms with van der Waals surface area (Å²) in [5, 5.41) is 15.6. The molecule has 2 aromatic rings. The predicted molar refractivity (Wildman–Crippen MR) is 79.0 cm³/mol. The molecular weight excluding hydrogens is 351 g/mol. The standard InChI is InChI=1S/C12H10BrFN2O3S/c1-19-12-4-10(9(14)3-11(12)16(17)18)15-5-8-2-7(13)6-20-8/h2-4,6,15H,5H2,1H3. The number of halogens is 2. The van der Waals surface area contributed by atoms with Crippen LogP contribution in [0.4, 0.5) is 15.8 Å². The molecule has 20 heavy (non-hydrogen) atoms. The maximum atomic E-state index is 13.8. The van der Waals surface area contributed by atoms with Crippen LogP contribution < -0.4 is 10.1 Å². The zero-order valence-corrected chi connectivity index (χ0v) is 12.8. The zero-order chi connectivity index (χ0) is 14.7. The Balaban J connectivity index is 2.21. The van der Waals surface area contributed by atoms with Gasteiger partial charge in [0, 0.05) is 27.3 Å². The van der Waals surface area contributed by atoms with Crippen molar-refractivity contribution < 1.29 is 14.1 Å². The smallest absolute Gasteiger partial charge is 0.313 e. The molecule has 1 aromatic carbocycles. The number of rotatable bonds is 5. The Kier molecular flexibility index (Phi) is 4.56. The maximum absolute atomic E-state index is 13.8. The highest BCUT2D eigenvalue weighted by atomic mass is 79.9. The molecule has 1 aromatic heterocycles. The fourth-order valence-corrected chi connectivity index (χ4v) is 3.00. The Labute approximate surface area is 126 Å². The summed E-state index contributed by atoms with van der Waals surface area (Å²) in [5.41, 5.74) is -0.230. The van der Waals surface area contributed by atoms with E-state index in [1.54, 1.807) is 0 Å². The lowest BCUT2D eigenvalue weighted by atomic mass is 10.2. The minimum atomic E-state index is -0.687. The SMILES string of the molecule is COc1cc(NCc2cc(Br)cs2)c(F)cc1[N+](=O)[O-]. The molecule has 0 saturated carbocycles. The lowest BCUT2D eigenvalue weighted by Crippen LogP contribution is -2.02. The van der Waals surface area contributed by atoms with Gasteiger partial charge in [-0.3, -0.25) is 10.1 Å². The van der Waals surface area contributed by atoms with Gasteiger partial charge in [-0.15, -0.1) is 11.3 Å². The summed E-state index contributed by atoms with van der Waals surface area (Å²) in [6.45, 7) is 0.425. The highest BCUT2D eigenvalue weighted by Crippen LogP contribution is 2.32. The number of methoxy groups -OCH3 is 1. The molecule has 0 amide bonds. The topological polar surface area (TPSA) is 64.4 Å². The first-order valence-corrected chi connectivity index (χ1v) is 7.17. The van der Waals surface area contributed by atoms with E-state index in [9.17, 15) is 14.5 Å². The molecule has 0 aliphatic carbocycles. The molecule has 0 radical (unpaired) electrons. The van der Waals surface area contributed by atoms with Crippen LogP contribution in [0.3, 0.4) is 0 Å². The van der Waals surface area contributed by atoms with E-state index < -0.39 is 16.4 Å². The fourth-order valence-electron chi connectivity index (χ4n) is 1.61. The molecule has 2 rings (SSSR count). The van der Waals surface area contributed by atoms with Crippen molar-refractivity contribution in [2.75, 3.05) is 12.4 Å². The molecule has 0 fully saturated rings. The normalized spacial score (nSPS) is 10.3. The molecule has 0 atom stereocenters. The molecule has 0 aliphatic heterocycles. The van der Waals surface area contributed by atoms with E-state index in [1.165, 1.54) is 24.5 Å². The molecule has 1 N–H and O–H groups in total. The average molecular weight is 361 g/mol. The number of nitrogens with zero attached hydrogens (tertiary/aromatic N) is 1. The van der Waals surface area contributed by atoms with E-state index in [1.807, 2.05) is 11.4 Å². The molecule has 0 aliphatic rings.